The van der Waals surface area contributed by atoms with E-state index in [1.165, 1.54) is 17.7 Å². The van der Waals surface area contributed by atoms with Crippen LogP contribution in [-0.2, 0) is 11.2 Å². The molecule has 2 aromatic heterocycles. The van der Waals surface area contributed by atoms with E-state index in [1.54, 1.807) is 11.0 Å². The van der Waals surface area contributed by atoms with E-state index in [-0.39, 0.29) is 18.4 Å². The van der Waals surface area contributed by atoms with Gasteiger partial charge in [-0.2, -0.15) is 5.10 Å². The Morgan fingerprint density at radius 2 is 2.00 bits per heavy atom. The van der Waals surface area contributed by atoms with E-state index in [0.717, 1.165) is 27.5 Å². The number of amides is 1. The molecule has 1 atom stereocenters. The number of carbonyl (C=O) groups excluding carboxylic acids is 1. The Morgan fingerprint density at radius 1 is 1.21 bits per heavy atom. The lowest BCUT2D eigenvalue weighted by Gasteiger charge is -2.14. The molecule has 1 N–H and O–H groups in total. The average molecular weight is 424 g/mol. The van der Waals surface area contributed by atoms with Crippen LogP contribution >= 0.6 is 22.9 Å². The number of nitrogens with zero attached hydrogens (tertiary/aromatic N) is 4. The number of benzene rings is 2. The second-order valence-electron chi connectivity index (χ2n) is 6.52. The minimum absolute atomic E-state index is 0.0751. The van der Waals surface area contributed by atoms with Gasteiger partial charge >= 0.3 is 0 Å². The van der Waals surface area contributed by atoms with Crippen molar-refractivity contribution in [2.45, 2.75) is 19.4 Å². The standard InChI is InChI=1S/C21H18ClN5OS/c1-14(15-6-8-17(9-7-15)27-13-23-12-24-27)25-20(28)10-16-11-29-21(26-16)18-4-2-3-5-19(18)22/h2-9,11-14H,10H2,1H3,(H,25,28). The molecule has 4 rings (SSSR count). The fourth-order valence-corrected chi connectivity index (χ4v) is 4.08. The van der Waals surface area contributed by atoms with Gasteiger partial charge in [-0.05, 0) is 30.7 Å². The summed E-state index contributed by atoms with van der Waals surface area (Å²) < 4.78 is 1.69. The Bertz CT molecular complexity index is 1110. The molecule has 0 spiro atoms. The fourth-order valence-electron chi connectivity index (χ4n) is 2.94. The second kappa shape index (κ2) is 8.55. The van der Waals surface area contributed by atoms with Crippen LogP contribution in [0.4, 0.5) is 0 Å². The Hall–Kier alpha value is -3.03. The lowest BCUT2D eigenvalue weighted by molar-refractivity contribution is -0.121. The second-order valence-corrected chi connectivity index (χ2v) is 7.79. The summed E-state index contributed by atoms with van der Waals surface area (Å²) >= 11 is 7.72. The third-order valence-electron chi connectivity index (χ3n) is 4.45. The predicted octanol–water partition coefficient (Wildman–Crippen LogP) is 4.46. The van der Waals surface area contributed by atoms with Gasteiger partial charge in [-0.15, -0.1) is 11.3 Å². The van der Waals surface area contributed by atoms with Gasteiger partial charge in [0.05, 0.1) is 28.9 Å². The van der Waals surface area contributed by atoms with Gasteiger partial charge < -0.3 is 5.32 Å². The Labute approximate surface area is 177 Å². The molecule has 0 radical (unpaired) electrons. The highest BCUT2D eigenvalue weighted by atomic mass is 35.5. The highest BCUT2D eigenvalue weighted by Crippen LogP contribution is 2.30. The monoisotopic (exact) mass is 423 g/mol. The maximum atomic E-state index is 12.5. The molecule has 2 aromatic carbocycles. The Kier molecular flexibility index (Phi) is 5.69. The maximum Gasteiger partial charge on any atom is 0.226 e. The van der Waals surface area contributed by atoms with Crippen LogP contribution in [0, 0.1) is 0 Å². The van der Waals surface area contributed by atoms with Crippen molar-refractivity contribution >= 4 is 28.8 Å². The molecule has 1 amide bonds. The summed E-state index contributed by atoms with van der Waals surface area (Å²) in [7, 11) is 0. The zero-order valence-electron chi connectivity index (χ0n) is 15.6. The molecular formula is C21H18ClN5OS. The number of rotatable bonds is 6. The van der Waals surface area contributed by atoms with Crippen LogP contribution in [0.1, 0.15) is 24.2 Å². The lowest BCUT2D eigenvalue weighted by atomic mass is 10.1. The molecule has 29 heavy (non-hydrogen) atoms. The van der Waals surface area contributed by atoms with Gasteiger partial charge in [0, 0.05) is 10.9 Å². The van der Waals surface area contributed by atoms with Crippen LogP contribution in [0.5, 0.6) is 0 Å². The molecule has 1 unspecified atom stereocenters. The van der Waals surface area contributed by atoms with E-state index < -0.39 is 0 Å². The summed E-state index contributed by atoms with van der Waals surface area (Å²) in [5.41, 5.74) is 3.54. The van der Waals surface area contributed by atoms with Crippen LogP contribution in [0.3, 0.4) is 0 Å². The summed E-state index contributed by atoms with van der Waals surface area (Å²) in [4.78, 5) is 21.0. The number of carbonyl (C=O) groups is 1. The van der Waals surface area contributed by atoms with Crippen molar-refractivity contribution in [3.05, 3.63) is 82.8 Å². The fraction of sp³-hybridized carbons (Fsp3) is 0.143. The normalized spacial score (nSPS) is 11.9. The van der Waals surface area contributed by atoms with Crippen molar-refractivity contribution in [2.24, 2.45) is 0 Å². The zero-order chi connectivity index (χ0) is 20.2. The molecular weight excluding hydrogens is 406 g/mol. The van der Waals surface area contributed by atoms with E-state index >= 15 is 0 Å². The van der Waals surface area contributed by atoms with Crippen molar-refractivity contribution in [3.8, 4) is 16.3 Å². The van der Waals surface area contributed by atoms with Crippen molar-refractivity contribution in [3.63, 3.8) is 0 Å². The summed E-state index contributed by atoms with van der Waals surface area (Å²) in [6, 6.07) is 15.3. The molecule has 6 nitrogen and oxygen atoms in total. The van der Waals surface area contributed by atoms with E-state index in [9.17, 15) is 4.79 Å². The van der Waals surface area contributed by atoms with Gasteiger partial charge in [-0.1, -0.05) is 41.9 Å². The molecule has 0 fully saturated rings. The van der Waals surface area contributed by atoms with E-state index in [2.05, 4.69) is 20.4 Å². The van der Waals surface area contributed by atoms with Gasteiger partial charge in [-0.3, -0.25) is 4.79 Å². The predicted molar refractivity (Wildman–Crippen MR) is 114 cm³/mol. The van der Waals surface area contributed by atoms with Crippen molar-refractivity contribution in [2.75, 3.05) is 0 Å². The number of nitrogens with one attached hydrogen (secondary N) is 1. The van der Waals surface area contributed by atoms with E-state index in [1.807, 2.05) is 60.8 Å². The van der Waals surface area contributed by atoms with E-state index in [4.69, 9.17) is 11.6 Å². The average Bonchev–Trinajstić information content (AvgIpc) is 3.41. The lowest BCUT2D eigenvalue weighted by Crippen LogP contribution is -2.28. The summed E-state index contributed by atoms with van der Waals surface area (Å²) in [6.07, 6.45) is 3.36. The first-order chi connectivity index (χ1) is 14.1. The smallest absolute Gasteiger partial charge is 0.226 e. The molecule has 0 saturated carbocycles. The quantitative estimate of drug-likeness (QED) is 0.496. The van der Waals surface area contributed by atoms with Gasteiger partial charge in [0.15, 0.2) is 0 Å². The molecule has 0 bridgehead atoms. The first-order valence-electron chi connectivity index (χ1n) is 9.04. The number of hydrogen-bond acceptors (Lipinski definition) is 5. The molecule has 0 aliphatic carbocycles. The molecule has 0 aliphatic heterocycles. The first kappa shape index (κ1) is 19.3. The summed E-state index contributed by atoms with van der Waals surface area (Å²) in [6.45, 7) is 1.96. The van der Waals surface area contributed by atoms with Crippen LogP contribution in [0.25, 0.3) is 16.3 Å². The van der Waals surface area contributed by atoms with Crippen molar-refractivity contribution < 1.29 is 4.79 Å². The maximum absolute atomic E-state index is 12.5. The number of aromatic nitrogens is 4. The SMILES string of the molecule is CC(NC(=O)Cc1csc(-c2ccccc2Cl)n1)c1ccc(-n2cncn2)cc1. The number of hydrogen-bond donors (Lipinski definition) is 1. The van der Waals surface area contributed by atoms with Crippen LogP contribution in [0.15, 0.2) is 66.6 Å². The van der Waals surface area contributed by atoms with Crippen LogP contribution < -0.4 is 5.32 Å². The topological polar surface area (TPSA) is 72.7 Å². The van der Waals surface area contributed by atoms with Gasteiger partial charge in [0.25, 0.3) is 0 Å². The van der Waals surface area contributed by atoms with Gasteiger partial charge in [0.1, 0.15) is 17.7 Å². The van der Waals surface area contributed by atoms with Crippen molar-refractivity contribution in [1.29, 1.82) is 0 Å². The Balaban J connectivity index is 1.38. The highest BCUT2D eigenvalue weighted by Gasteiger charge is 2.14. The first-order valence-corrected chi connectivity index (χ1v) is 10.3. The molecule has 8 heteroatoms. The Morgan fingerprint density at radius 3 is 2.72 bits per heavy atom. The van der Waals surface area contributed by atoms with E-state index in [0.29, 0.717) is 5.02 Å². The molecule has 146 valence electrons. The van der Waals surface area contributed by atoms with Crippen LogP contribution in [-0.4, -0.2) is 25.7 Å². The minimum Gasteiger partial charge on any atom is -0.349 e. The minimum atomic E-state index is -0.117. The zero-order valence-corrected chi connectivity index (χ0v) is 17.2. The largest absolute Gasteiger partial charge is 0.349 e. The van der Waals surface area contributed by atoms with Gasteiger partial charge in [0.2, 0.25) is 5.91 Å². The molecule has 0 aliphatic rings. The number of thiazole rings is 1. The highest BCUT2D eigenvalue weighted by molar-refractivity contribution is 7.13. The third kappa shape index (κ3) is 4.52. The van der Waals surface area contributed by atoms with Crippen molar-refractivity contribution in [1.82, 2.24) is 25.1 Å². The van der Waals surface area contributed by atoms with Crippen LogP contribution in [0.2, 0.25) is 5.02 Å². The molecule has 0 saturated heterocycles. The number of halogens is 1. The van der Waals surface area contributed by atoms with Gasteiger partial charge in [-0.25, -0.2) is 14.6 Å². The summed E-state index contributed by atoms with van der Waals surface area (Å²) in [5.74, 6) is -0.0751. The molecule has 4 aromatic rings. The third-order valence-corrected chi connectivity index (χ3v) is 5.71. The summed E-state index contributed by atoms with van der Waals surface area (Å²) in [5, 5.41) is 10.5. The molecule has 2 heterocycles.